The zero-order valence-corrected chi connectivity index (χ0v) is 24.3. The molecule has 2 aromatic heterocycles. The number of aromatic nitrogens is 3. The van der Waals surface area contributed by atoms with Crippen molar-refractivity contribution in [3.8, 4) is 50.5 Å². The molecule has 0 fully saturated rings. The molecule has 9 aromatic rings. The molecule has 1 aliphatic carbocycles. The third kappa shape index (κ3) is 3.46. The van der Waals surface area contributed by atoms with Gasteiger partial charge in [0, 0.05) is 27.6 Å². The minimum atomic E-state index is 0.871. The van der Waals surface area contributed by atoms with Crippen molar-refractivity contribution >= 4 is 43.6 Å². The van der Waals surface area contributed by atoms with Crippen LogP contribution in [-0.2, 0) is 0 Å². The highest BCUT2D eigenvalue weighted by molar-refractivity contribution is 6.30. The number of benzene rings is 7. The molecule has 3 heteroatoms. The quantitative estimate of drug-likeness (QED) is 0.211. The molecule has 3 nitrogen and oxygen atoms in total. The molecule has 0 spiro atoms. The van der Waals surface area contributed by atoms with Crippen LogP contribution in [-0.4, -0.2) is 14.5 Å². The van der Waals surface area contributed by atoms with Crippen LogP contribution in [0.2, 0.25) is 0 Å². The van der Waals surface area contributed by atoms with Gasteiger partial charge in [0.1, 0.15) is 0 Å². The van der Waals surface area contributed by atoms with Crippen molar-refractivity contribution in [3.63, 3.8) is 0 Å². The molecule has 0 aliphatic heterocycles. The maximum Gasteiger partial charge on any atom is 0.0973 e. The Kier molecular flexibility index (Phi) is 5.00. The molecule has 0 atom stereocenters. The van der Waals surface area contributed by atoms with Crippen LogP contribution in [0.5, 0.6) is 0 Å². The first-order valence-corrected chi connectivity index (χ1v) is 15.4. The van der Waals surface area contributed by atoms with E-state index < -0.39 is 0 Å². The van der Waals surface area contributed by atoms with Crippen molar-refractivity contribution in [1.82, 2.24) is 14.5 Å². The summed E-state index contributed by atoms with van der Waals surface area (Å²) in [5.41, 5.74) is 14.2. The lowest BCUT2D eigenvalue weighted by atomic mass is 9.93. The Morgan fingerprint density at radius 3 is 1.67 bits per heavy atom. The second kappa shape index (κ2) is 9.22. The van der Waals surface area contributed by atoms with Crippen molar-refractivity contribution in [2.75, 3.05) is 0 Å². The predicted molar refractivity (Wildman–Crippen MR) is 187 cm³/mol. The fourth-order valence-corrected chi connectivity index (χ4v) is 7.38. The van der Waals surface area contributed by atoms with E-state index in [1.807, 2.05) is 12.1 Å². The Bertz CT molecular complexity index is 2630. The molecule has 45 heavy (non-hydrogen) atoms. The molecule has 0 radical (unpaired) electrons. The van der Waals surface area contributed by atoms with Gasteiger partial charge in [0.2, 0.25) is 0 Å². The highest BCUT2D eigenvalue weighted by Crippen LogP contribution is 2.49. The van der Waals surface area contributed by atoms with Gasteiger partial charge in [0.15, 0.2) is 0 Å². The molecule has 0 amide bonds. The molecule has 208 valence electrons. The average Bonchev–Trinajstić information content (AvgIpc) is 3.39. The molecule has 10 rings (SSSR count). The van der Waals surface area contributed by atoms with Crippen molar-refractivity contribution in [2.24, 2.45) is 0 Å². The van der Waals surface area contributed by atoms with E-state index in [1.54, 1.807) is 0 Å². The summed E-state index contributed by atoms with van der Waals surface area (Å²) in [6, 6.07) is 54.0. The first-order chi connectivity index (χ1) is 22.3. The van der Waals surface area contributed by atoms with E-state index >= 15 is 0 Å². The number of fused-ring (bicyclic) bond motifs is 4. The first kappa shape index (κ1) is 24.4. The van der Waals surface area contributed by atoms with Gasteiger partial charge in [-0.25, -0.2) is 9.97 Å². The van der Waals surface area contributed by atoms with Gasteiger partial charge in [-0.2, -0.15) is 0 Å². The Hall–Kier alpha value is -6.06. The van der Waals surface area contributed by atoms with E-state index in [2.05, 4.69) is 144 Å². The summed E-state index contributed by atoms with van der Waals surface area (Å²) >= 11 is 0. The molecule has 2 heterocycles. The lowest BCUT2D eigenvalue weighted by Crippen LogP contribution is -1.98. The lowest BCUT2D eigenvalue weighted by molar-refractivity contribution is 1.18. The topological polar surface area (TPSA) is 30.7 Å². The minimum absolute atomic E-state index is 0.871. The number of rotatable bonds is 3. The Morgan fingerprint density at radius 1 is 0.378 bits per heavy atom. The Morgan fingerprint density at radius 2 is 0.956 bits per heavy atom. The van der Waals surface area contributed by atoms with Crippen LogP contribution in [0.1, 0.15) is 0 Å². The maximum absolute atomic E-state index is 5.30. The van der Waals surface area contributed by atoms with Crippen LogP contribution in [0.4, 0.5) is 0 Å². The van der Waals surface area contributed by atoms with E-state index in [-0.39, 0.29) is 0 Å². The normalized spacial score (nSPS) is 12.0. The van der Waals surface area contributed by atoms with E-state index in [0.717, 1.165) is 39.2 Å². The summed E-state index contributed by atoms with van der Waals surface area (Å²) in [4.78, 5) is 10.5. The molecule has 0 unspecified atom stereocenters. The van der Waals surface area contributed by atoms with Gasteiger partial charge >= 0.3 is 0 Å². The molecule has 0 bridgehead atoms. The molecule has 7 aromatic carbocycles. The minimum Gasteiger partial charge on any atom is -0.309 e. The van der Waals surface area contributed by atoms with Gasteiger partial charge < -0.3 is 4.57 Å². The second-order valence-electron chi connectivity index (χ2n) is 11.8. The monoisotopic (exact) mass is 571 g/mol. The van der Waals surface area contributed by atoms with Gasteiger partial charge in [-0.05, 0) is 63.4 Å². The lowest BCUT2D eigenvalue weighted by Gasteiger charge is -2.14. The highest BCUT2D eigenvalue weighted by Gasteiger charge is 2.24. The Labute approximate surface area is 259 Å². The summed E-state index contributed by atoms with van der Waals surface area (Å²) in [6.45, 7) is 0. The zero-order valence-electron chi connectivity index (χ0n) is 24.3. The molecular formula is C42H25N3. The standard InChI is InChI=1S/C42H25N3/c1-3-11-27(12-4-1)41-42(28-13-5-2-6-14-28)44-35-25-29(22-23-34(35)43-41)45-36-20-10-19-33-31-17-8-7-16-30(31)32-18-9-15-26-21-24-37(45)40(38(26)32)39(33)36/h1-25H. The van der Waals surface area contributed by atoms with Crippen LogP contribution in [0.15, 0.2) is 152 Å². The highest BCUT2D eigenvalue weighted by atomic mass is 15.0. The van der Waals surface area contributed by atoms with E-state index in [9.17, 15) is 0 Å². The van der Waals surface area contributed by atoms with Gasteiger partial charge in [-0.15, -0.1) is 0 Å². The number of hydrogen-bond donors (Lipinski definition) is 0. The fraction of sp³-hybridized carbons (Fsp3) is 0. The van der Waals surface area contributed by atoms with Crippen LogP contribution in [0.25, 0.3) is 94.1 Å². The van der Waals surface area contributed by atoms with E-state index in [1.165, 1.54) is 54.8 Å². The summed E-state index contributed by atoms with van der Waals surface area (Å²) in [5.74, 6) is 0. The molecule has 1 aliphatic rings. The third-order valence-electron chi connectivity index (χ3n) is 9.31. The van der Waals surface area contributed by atoms with Crippen LogP contribution < -0.4 is 0 Å². The molecule has 0 saturated carbocycles. The van der Waals surface area contributed by atoms with Crippen molar-refractivity contribution in [1.29, 1.82) is 0 Å². The number of hydrogen-bond acceptors (Lipinski definition) is 2. The largest absolute Gasteiger partial charge is 0.309 e. The third-order valence-corrected chi connectivity index (χ3v) is 9.31. The van der Waals surface area contributed by atoms with Crippen LogP contribution in [0, 0.1) is 0 Å². The van der Waals surface area contributed by atoms with Gasteiger partial charge in [0.25, 0.3) is 0 Å². The molecular weight excluding hydrogens is 546 g/mol. The fourth-order valence-electron chi connectivity index (χ4n) is 7.38. The molecule has 0 N–H and O–H groups in total. The number of nitrogens with zero attached hydrogens (tertiary/aromatic N) is 3. The second-order valence-corrected chi connectivity index (χ2v) is 11.8. The smallest absolute Gasteiger partial charge is 0.0973 e. The SMILES string of the molecule is c1ccc(-c2nc3ccc(-n4c5cccc6c5c5c7c(cccc7ccc54)-c4ccccc4-6)cc3nc2-c2ccccc2)cc1. The van der Waals surface area contributed by atoms with Crippen molar-refractivity contribution < 1.29 is 0 Å². The summed E-state index contributed by atoms with van der Waals surface area (Å²) in [5, 5.41) is 5.18. The Balaban J connectivity index is 1.29. The van der Waals surface area contributed by atoms with Crippen LogP contribution in [0.3, 0.4) is 0 Å². The van der Waals surface area contributed by atoms with Crippen molar-refractivity contribution in [2.45, 2.75) is 0 Å². The molecule has 0 saturated heterocycles. The predicted octanol–water partition coefficient (Wildman–Crippen LogP) is 10.9. The van der Waals surface area contributed by atoms with Crippen LogP contribution >= 0.6 is 0 Å². The zero-order chi connectivity index (χ0) is 29.5. The van der Waals surface area contributed by atoms with E-state index in [4.69, 9.17) is 9.97 Å². The maximum atomic E-state index is 5.30. The van der Waals surface area contributed by atoms with Gasteiger partial charge in [-0.3, -0.25) is 0 Å². The first-order valence-electron chi connectivity index (χ1n) is 15.4. The average molecular weight is 572 g/mol. The van der Waals surface area contributed by atoms with Gasteiger partial charge in [-0.1, -0.05) is 121 Å². The van der Waals surface area contributed by atoms with Gasteiger partial charge in [0.05, 0.1) is 33.5 Å². The summed E-state index contributed by atoms with van der Waals surface area (Å²) in [6.07, 6.45) is 0. The summed E-state index contributed by atoms with van der Waals surface area (Å²) in [7, 11) is 0. The summed E-state index contributed by atoms with van der Waals surface area (Å²) < 4.78 is 2.41. The van der Waals surface area contributed by atoms with Crippen molar-refractivity contribution in [3.05, 3.63) is 152 Å². The van der Waals surface area contributed by atoms with E-state index in [0.29, 0.717) is 0 Å².